The van der Waals surface area contributed by atoms with Crippen LogP contribution < -0.4 is 14.2 Å². The van der Waals surface area contributed by atoms with E-state index in [9.17, 15) is 4.79 Å². The number of carbonyl (C=O) groups excluding carboxylic acids is 1. The third-order valence-corrected chi connectivity index (χ3v) is 3.58. The summed E-state index contributed by atoms with van der Waals surface area (Å²) in [5.74, 6) is 1.36. The second-order valence-electron chi connectivity index (χ2n) is 5.12. The van der Waals surface area contributed by atoms with Crippen molar-refractivity contribution in [2.24, 2.45) is 0 Å². The average Bonchev–Trinajstić information content (AvgIpc) is 2.65. The Hall–Kier alpha value is -2.95. The minimum absolute atomic E-state index is 0.356. The maximum Gasteiger partial charge on any atom is 0.330 e. The van der Waals surface area contributed by atoms with Crippen LogP contribution in [-0.2, 0) is 9.53 Å². The first-order chi connectivity index (χ1) is 12.1. The highest BCUT2D eigenvalue weighted by atomic mass is 16.5. The van der Waals surface area contributed by atoms with Gasteiger partial charge in [0.2, 0.25) is 5.75 Å². The summed E-state index contributed by atoms with van der Waals surface area (Å²) in [5, 5.41) is 0. The van der Waals surface area contributed by atoms with E-state index < -0.39 is 0 Å². The highest BCUT2D eigenvalue weighted by Crippen LogP contribution is 2.41. The quantitative estimate of drug-likeness (QED) is 0.563. The largest absolute Gasteiger partial charge is 0.493 e. The molecule has 2 rings (SSSR count). The van der Waals surface area contributed by atoms with E-state index in [0.29, 0.717) is 23.9 Å². The lowest BCUT2D eigenvalue weighted by molar-refractivity contribution is -0.137. The van der Waals surface area contributed by atoms with Crippen molar-refractivity contribution in [2.75, 3.05) is 27.9 Å². The molecule has 0 aliphatic carbocycles. The van der Waals surface area contributed by atoms with E-state index >= 15 is 0 Å². The highest BCUT2D eigenvalue weighted by Gasteiger charge is 2.14. The first kappa shape index (κ1) is 18.4. The highest BCUT2D eigenvalue weighted by molar-refractivity contribution is 5.87. The molecule has 0 radical (unpaired) electrons. The Balaban J connectivity index is 2.39. The van der Waals surface area contributed by atoms with Crippen LogP contribution in [0.25, 0.3) is 17.2 Å². The van der Waals surface area contributed by atoms with Crippen LogP contribution in [0.2, 0.25) is 0 Å². The van der Waals surface area contributed by atoms with Crippen LogP contribution in [0.3, 0.4) is 0 Å². The molecule has 0 aliphatic rings. The van der Waals surface area contributed by atoms with Crippen LogP contribution >= 0.6 is 0 Å². The van der Waals surface area contributed by atoms with E-state index in [4.69, 9.17) is 18.9 Å². The number of benzene rings is 2. The fourth-order valence-electron chi connectivity index (χ4n) is 2.42. The van der Waals surface area contributed by atoms with Gasteiger partial charge in [-0.3, -0.25) is 0 Å². The van der Waals surface area contributed by atoms with Crippen LogP contribution in [0.5, 0.6) is 17.2 Å². The first-order valence-electron chi connectivity index (χ1n) is 7.88. The molecule has 2 aromatic carbocycles. The van der Waals surface area contributed by atoms with Crippen molar-refractivity contribution < 1.29 is 23.7 Å². The van der Waals surface area contributed by atoms with Gasteiger partial charge in [-0.15, -0.1) is 0 Å². The lowest BCUT2D eigenvalue weighted by atomic mass is 10.0. The Bertz CT molecular complexity index is 739. The number of methoxy groups -OCH3 is 3. The third-order valence-electron chi connectivity index (χ3n) is 3.58. The average molecular weight is 342 g/mol. The molecule has 0 atom stereocenters. The predicted octanol–water partition coefficient (Wildman–Crippen LogP) is 3.96. The van der Waals surface area contributed by atoms with Crippen LogP contribution in [0.1, 0.15) is 12.5 Å². The van der Waals surface area contributed by atoms with Gasteiger partial charge in [0.25, 0.3) is 0 Å². The van der Waals surface area contributed by atoms with Crippen molar-refractivity contribution >= 4 is 12.0 Å². The van der Waals surface area contributed by atoms with Gasteiger partial charge < -0.3 is 18.9 Å². The van der Waals surface area contributed by atoms with Crippen LogP contribution in [0.4, 0.5) is 0 Å². The van der Waals surface area contributed by atoms with Gasteiger partial charge in [0, 0.05) is 6.08 Å². The van der Waals surface area contributed by atoms with Gasteiger partial charge in [-0.25, -0.2) is 4.79 Å². The Morgan fingerprint density at radius 1 is 0.960 bits per heavy atom. The molecular weight excluding hydrogens is 320 g/mol. The van der Waals surface area contributed by atoms with Gasteiger partial charge in [-0.2, -0.15) is 0 Å². The number of hydrogen-bond acceptors (Lipinski definition) is 5. The van der Waals surface area contributed by atoms with Crippen molar-refractivity contribution in [3.63, 3.8) is 0 Å². The minimum atomic E-state index is -0.360. The van der Waals surface area contributed by atoms with Gasteiger partial charge in [0.1, 0.15) is 0 Å². The molecule has 0 N–H and O–H groups in total. The Labute approximate surface area is 147 Å². The van der Waals surface area contributed by atoms with E-state index in [-0.39, 0.29) is 5.97 Å². The summed E-state index contributed by atoms with van der Waals surface area (Å²) in [6.45, 7) is 2.13. The predicted molar refractivity (Wildman–Crippen MR) is 97.2 cm³/mol. The summed E-state index contributed by atoms with van der Waals surface area (Å²) in [6, 6.07) is 11.5. The normalized spacial score (nSPS) is 10.6. The first-order valence-corrected chi connectivity index (χ1v) is 7.88. The van der Waals surface area contributed by atoms with Gasteiger partial charge >= 0.3 is 5.97 Å². The zero-order chi connectivity index (χ0) is 18.2. The van der Waals surface area contributed by atoms with Crippen LogP contribution in [0, 0.1) is 0 Å². The standard InChI is InChI=1S/C20H22O5/c1-5-25-19(21)10-9-14-7-6-8-15(11-14)16-12-17(22-2)20(24-4)18(13-16)23-3/h6-13H,5H2,1-4H3. The summed E-state index contributed by atoms with van der Waals surface area (Å²) in [6.07, 6.45) is 3.14. The number of esters is 1. The van der Waals surface area contributed by atoms with Crippen LogP contribution in [-0.4, -0.2) is 33.9 Å². The molecule has 0 amide bonds. The number of rotatable bonds is 7. The summed E-state index contributed by atoms with van der Waals surface area (Å²) < 4.78 is 21.0. The fraction of sp³-hybridized carbons (Fsp3) is 0.250. The van der Waals surface area contributed by atoms with E-state index in [1.54, 1.807) is 34.3 Å². The number of hydrogen-bond donors (Lipinski definition) is 0. The summed E-state index contributed by atoms with van der Waals surface area (Å²) in [7, 11) is 4.74. The maximum atomic E-state index is 11.5. The van der Waals surface area contributed by atoms with Gasteiger partial charge in [0.05, 0.1) is 27.9 Å². The molecule has 0 spiro atoms. The van der Waals surface area contributed by atoms with Gasteiger partial charge in [-0.1, -0.05) is 18.2 Å². The molecule has 0 saturated heterocycles. The molecule has 132 valence electrons. The lowest BCUT2D eigenvalue weighted by Crippen LogP contribution is -1.98. The van der Waals surface area contributed by atoms with Crippen molar-refractivity contribution in [1.82, 2.24) is 0 Å². The minimum Gasteiger partial charge on any atom is -0.493 e. The molecule has 0 saturated carbocycles. The van der Waals surface area contributed by atoms with Gasteiger partial charge in [0.15, 0.2) is 11.5 Å². The molecule has 5 nitrogen and oxygen atoms in total. The summed E-state index contributed by atoms with van der Waals surface area (Å²) in [5.41, 5.74) is 2.77. The maximum absolute atomic E-state index is 11.5. The molecule has 0 aromatic heterocycles. The molecular formula is C20H22O5. The second kappa shape index (κ2) is 8.78. The van der Waals surface area contributed by atoms with E-state index in [1.807, 2.05) is 36.4 Å². The van der Waals surface area contributed by atoms with Gasteiger partial charge in [-0.05, 0) is 47.9 Å². The number of carbonyl (C=O) groups is 1. The van der Waals surface area contributed by atoms with E-state index in [2.05, 4.69) is 0 Å². The third kappa shape index (κ3) is 4.53. The SMILES string of the molecule is CCOC(=O)C=Cc1cccc(-c2cc(OC)c(OC)c(OC)c2)c1. The fourth-order valence-corrected chi connectivity index (χ4v) is 2.42. The Morgan fingerprint density at radius 2 is 1.64 bits per heavy atom. The lowest BCUT2D eigenvalue weighted by Gasteiger charge is -2.14. The monoisotopic (exact) mass is 342 g/mol. The zero-order valence-corrected chi connectivity index (χ0v) is 14.9. The molecule has 0 bridgehead atoms. The van der Waals surface area contributed by atoms with E-state index in [0.717, 1.165) is 16.7 Å². The molecule has 5 heteroatoms. The molecule has 0 aliphatic heterocycles. The van der Waals surface area contributed by atoms with Crippen molar-refractivity contribution in [2.45, 2.75) is 6.92 Å². The Morgan fingerprint density at radius 3 is 2.20 bits per heavy atom. The molecule has 2 aromatic rings. The molecule has 0 heterocycles. The molecule has 25 heavy (non-hydrogen) atoms. The van der Waals surface area contributed by atoms with E-state index in [1.165, 1.54) is 6.08 Å². The summed E-state index contributed by atoms with van der Waals surface area (Å²) >= 11 is 0. The molecule has 0 fully saturated rings. The van der Waals surface area contributed by atoms with Crippen molar-refractivity contribution in [3.05, 3.63) is 48.0 Å². The van der Waals surface area contributed by atoms with Crippen molar-refractivity contribution in [1.29, 1.82) is 0 Å². The zero-order valence-electron chi connectivity index (χ0n) is 14.9. The molecule has 0 unspecified atom stereocenters. The van der Waals surface area contributed by atoms with Crippen LogP contribution in [0.15, 0.2) is 42.5 Å². The van der Waals surface area contributed by atoms with Crippen molar-refractivity contribution in [3.8, 4) is 28.4 Å². The second-order valence-corrected chi connectivity index (χ2v) is 5.12. The topological polar surface area (TPSA) is 54.0 Å². The number of ether oxygens (including phenoxy) is 4. The Kier molecular flexibility index (Phi) is 6.46. The smallest absolute Gasteiger partial charge is 0.330 e. The summed E-state index contributed by atoms with van der Waals surface area (Å²) in [4.78, 5) is 11.5.